The highest BCUT2D eigenvalue weighted by Crippen LogP contribution is 2.32. The Morgan fingerprint density at radius 1 is 1.00 bits per heavy atom. The number of carbonyl (C=O) groups is 3. The highest BCUT2D eigenvalue weighted by atomic mass is 16.7. The molecule has 1 aliphatic heterocycles. The molecule has 0 atom stereocenters. The third-order valence-corrected chi connectivity index (χ3v) is 3.40. The van der Waals surface area contributed by atoms with Crippen molar-refractivity contribution in [1.82, 2.24) is 5.32 Å². The zero-order chi connectivity index (χ0) is 17.8. The predicted octanol–water partition coefficient (Wildman–Crippen LogP) is 2.16. The van der Waals surface area contributed by atoms with E-state index in [9.17, 15) is 14.4 Å². The van der Waals surface area contributed by atoms with Crippen LogP contribution in [0.25, 0.3) is 0 Å². The van der Waals surface area contributed by atoms with Crippen LogP contribution >= 0.6 is 0 Å². The van der Waals surface area contributed by atoms with Crippen LogP contribution in [0.1, 0.15) is 20.7 Å². The topological polar surface area (TPSA) is 103 Å². The average Bonchev–Trinajstić information content (AvgIpc) is 3.08. The number of anilines is 1. The number of urea groups is 1. The van der Waals surface area contributed by atoms with Gasteiger partial charge in [-0.3, -0.25) is 10.1 Å². The van der Waals surface area contributed by atoms with Crippen LogP contribution in [0.4, 0.5) is 10.5 Å². The van der Waals surface area contributed by atoms with Crippen LogP contribution < -0.4 is 20.1 Å². The van der Waals surface area contributed by atoms with E-state index in [0.717, 1.165) is 0 Å². The average molecular weight is 342 g/mol. The van der Waals surface area contributed by atoms with Gasteiger partial charge in [0.1, 0.15) is 0 Å². The van der Waals surface area contributed by atoms with Crippen LogP contribution in [0.5, 0.6) is 11.5 Å². The lowest BCUT2D eigenvalue weighted by atomic mass is 10.2. The molecule has 0 aromatic heterocycles. The number of carbonyl (C=O) groups excluding carboxylic acids is 3. The second-order valence-electron chi connectivity index (χ2n) is 5.05. The number of ether oxygens (including phenoxy) is 3. The number of hydrogen-bond donors (Lipinski definition) is 2. The van der Waals surface area contributed by atoms with E-state index < -0.39 is 17.9 Å². The summed E-state index contributed by atoms with van der Waals surface area (Å²) in [6.07, 6.45) is 0. The van der Waals surface area contributed by atoms with Crippen molar-refractivity contribution in [1.29, 1.82) is 0 Å². The van der Waals surface area contributed by atoms with E-state index in [1.54, 1.807) is 24.3 Å². The minimum atomic E-state index is -0.732. The Kier molecular flexibility index (Phi) is 4.51. The maximum absolute atomic E-state index is 12.1. The number of methoxy groups -OCH3 is 1. The van der Waals surface area contributed by atoms with Crippen LogP contribution in [0.15, 0.2) is 42.5 Å². The molecule has 0 bridgehead atoms. The van der Waals surface area contributed by atoms with Gasteiger partial charge in [-0.05, 0) is 36.4 Å². The molecule has 8 heteroatoms. The van der Waals surface area contributed by atoms with Gasteiger partial charge in [-0.2, -0.15) is 0 Å². The van der Waals surface area contributed by atoms with Crippen LogP contribution in [0.2, 0.25) is 0 Å². The number of rotatable bonds is 3. The molecule has 0 saturated heterocycles. The smallest absolute Gasteiger partial charge is 0.337 e. The molecule has 8 nitrogen and oxygen atoms in total. The second-order valence-corrected chi connectivity index (χ2v) is 5.05. The van der Waals surface area contributed by atoms with E-state index >= 15 is 0 Å². The third kappa shape index (κ3) is 3.69. The second kappa shape index (κ2) is 6.91. The summed E-state index contributed by atoms with van der Waals surface area (Å²) in [5, 5.41) is 4.68. The van der Waals surface area contributed by atoms with E-state index in [4.69, 9.17) is 9.47 Å². The number of amides is 3. The Balaban J connectivity index is 1.64. The van der Waals surface area contributed by atoms with Crippen LogP contribution in [0.3, 0.4) is 0 Å². The molecular formula is C17H14N2O6. The number of esters is 1. The standard InChI is InChI=1S/C17H14N2O6/c1-23-16(21)11-3-2-4-12(7-11)18-17(22)19-15(20)10-5-6-13-14(8-10)25-9-24-13/h2-8H,9H2,1H3,(H2,18,19,20,22). The summed E-state index contributed by atoms with van der Waals surface area (Å²) in [4.78, 5) is 35.6. The Morgan fingerprint density at radius 2 is 1.80 bits per heavy atom. The Bertz CT molecular complexity index is 849. The molecule has 0 saturated carbocycles. The van der Waals surface area contributed by atoms with Crippen molar-refractivity contribution in [2.75, 3.05) is 19.2 Å². The minimum Gasteiger partial charge on any atom is -0.465 e. The maximum Gasteiger partial charge on any atom is 0.337 e. The summed E-state index contributed by atoms with van der Waals surface area (Å²) in [7, 11) is 1.26. The normalized spacial score (nSPS) is 11.6. The van der Waals surface area contributed by atoms with Gasteiger partial charge in [0.05, 0.1) is 12.7 Å². The van der Waals surface area contributed by atoms with Crippen LogP contribution in [-0.4, -0.2) is 31.8 Å². The van der Waals surface area contributed by atoms with Crippen molar-refractivity contribution in [2.45, 2.75) is 0 Å². The molecule has 3 rings (SSSR count). The fourth-order valence-corrected chi connectivity index (χ4v) is 2.22. The summed E-state index contributed by atoms with van der Waals surface area (Å²) in [6, 6.07) is 10.0. The molecule has 2 aromatic rings. The fourth-order valence-electron chi connectivity index (χ4n) is 2.22. The monoisotopic (exact) mass is 342 g/mol. The van der Waals surface area contributed by atoms with E-state index in [1.807, 2.05) is 0 Å². The van der Waals surface area contributed by atoms with Gasteiger partial charge in [-0.15, -0.1) is 0 Å². The van der Waals surface area contributed by atoms with Gasteiger partial charge in [0, 0.05) is 11.3 Å². The first-order valence-electron chi connectivity index (χ1n) is 7.27. The molecule has 0 fully saturated rings. The Labute approximate surface area is 142 Å². The molecule has 0 unspecified atom stereocenters. The number of benzene rings is 2. The number of nitrogens with one attached hydrogen (secondary N) is 2. The molecule has 25 heavy (non-hydrogen) atoms. The number of hydrogen-bond acceptors (Lipinski definition) is 6. The molecule has 0 aliphatic carbocycles. The lowest BCUT2D eigenvalue weighted by molar-refractivity contribution is 0.0600. The molecular weight excluding hydrogens is 328 g/mol. The molecule has 128 valence electrons. The first kappa shape index (κ1) is 16.3. The van der Waals surface area contributed by atoms with E-state index in [2.05, 4.69) is 15.4 Å². The van der Waals surface area contributed by atoms with Crippen LogP contribution in [0, 0.1) is 0 Å². The van der Waals surface area contributed by atoms with Crippen molar-refractivity contribution >= 4 is 23.6 Å². The largest absolute Gasteiger partial charge is 0.465 e. The van der Waals surface area contributed by atoms with Crippen LogP contribution in [-0.2, 0) is 4.74 Å². The molecule has 0 spiro atoms. The van der Waals surface area contributed by atoms with Gasteiger partial charge in [0.15, 0.2) is 11.5 Å². The molecule has 1 heterocycles. The number of fused-ring (bicyclic) bond motifs is 1. The third-order valence-electron chi connectivity index (χ3n) is 3.40. The summed E-state index contributed by atoms with van der Waals surface area (Å²) in [5.41, 5.74) is 0.879. The van der Waals surface area contributed by atoms with Gasteiger partial charge in [-0.25, -0.2) is 9.59 Å². The van der Waals surface area contributed by atoms with Crippen molar-refractivity contribution in [3.8, 4) is 11.5 Å². The highest BCUT2D eigenvalue weighted by molar-refractivity contribution is 6.08. The Hall–Kier alpha value is -3.55. The summed E-state index contributed by atoms with van der Waals surface area (Å²) in [5.74, 6) is -0.139. The molecule has 0 radical (unpaired) electrons. The summed E-state index contributed by atoms with van der Waals surface area (Å²) >= 11 is 0. The highest BCUT2D eigenvalue weighted by Gasteiger charge is 2.17. The predicted molar refractivity (Wildman–Crippen MR) is 86.8 cm³/mol. The first-order valence-corrected chi connectivity index (χ1v) is 7.27. The van der Waals surface area contributed by atoms with Gasteiger partial charge in [-0.1, -0.05) is 6.07 Å². The minimum absolute atomic E-state index is 0.0947. The van der Waals surface area contributed by atoms with Gasteiger partial charge in [0.2, 0.25) is 6.79 Å². The SMILES string of the molecule is COC(=O)c1cccc(NC(=O)NC(=O)c2ccc3c(c2)OCO3)c1. The van der Waals surface area contributed by atoms with E-state index in [1.165, 1.54) is 25.3 Å². The van der Waals surface area contributed by atoms with Gasteiger partial charge < -0.3 is 19.5 Å². The lowest BCUT2D eigenvalue weighted by Crippen LogP contribution is -2.34. The molecule has 1 aliphatic rings. The van der Waals surface area contributed by atoms with E-state index in [0.29, 0.717) is 17.2 Å². The van der Waals surface area contributed by atoms with E-state index in [-0.39, 0.29) is 17.9 Å². The van der Waals surface area contributed by atoms with Crippen molar-refractivity contribution in [3.05, 3.63) is 53.6 Å². The van der Waals surface area contributed by atoms with Crippen molar-refractivity contribution in [2.24, 2.45) is 0 Å². The zero-order valence-electron chi connectivity index (χ0n) is 13.2. The molecule has 2 N–H and O–H groups in total. The van der Waals surface area contributed by atoms with Gasteiger partial charge in [0.25, 0.3) is 5.91 Å². The van der Waals surface area contributed by atoms with Gasteiger partial charge >= 0.3 is 12.0 Å². The molecule has 3 amide bonds. The van der Waals surface area contributed by atoms with Crippen molar-refractivity contribution in [3.63, 3.8) is 0 Å². The van der Waals surface area contributed by atoms with Crippen molar-refractivity contribution < 1.29 is 28.6 Å². The molecule has 2 aromatic carbocycles. The maximum atomic E-state index is 12.1. The summed E-state index contributed by atoms with van der Waals surface area (Å²) in [6.45, 7) is 0.0947. The Morgan fingerprint density at radius 3 is 2.60 bits per heavy atom. The quantitative estimate of drug-likeness (QED) is 0.829. The zero-order valence-corrected chi connectivity index (χ0v) is 13.2. The lowest BCUT2D eigenvalue weighted by Gasteiger charge is -2.08. The first-order chi connectivity index (χ1) is 12.1. The summed E-state index contributed by atoms with van der Waals surface area (Å²) < 4.78 is 15.0. The number of imide groups is 1. The fraction of sp³-hybridized carbons (Fsp3) is 0.118.